The van der Waals surface area contributed by atoms with Gasteiger partial charge in [-0.2, -0.15) is 0 Å². The molecule has 4 heteroatoms. The van der Waals surface area contributed by atoms with E-state index in [0.717, 1.165) is 0 Å². The molecular formula is C13H17ClO3. The van der Waals surface area contributed by atoms with Gasteiger partial charge < -0.3 is 5.11 Å². The van der Waals surface area contributed by atoms with Crippen molar-refractivity contribution in [3.8, 4) is 0 Å². The highest BCUT2D eigenvalue weighted by molar-refractivity contribution is 6.33. The SMILES string of the molecule is CC.CCC(=O)Cc1cccc(Cl)c1C(=O)O. The lowest BCUT2D eigenvalue weighted by molar-refractivity contribution is -0.118. The smallest absolute Gasteiger partial charge is 0.337 e. The summed E-state index contributed by atoms with van der Waals surface area (Å²) in [6.45, 7) is 5.74. The zero-order valence-electron chi connectivity index (χ0n) is 10.3. The largest absolute Gasteiger partial charge is 0.478 e. The average Bonchev–Trinajstić information content (AvgIpc) is 2.31. The summed E-state index contributed by atoms with van der Waals surface area (Å²) in [5.74, 6) is -1.10. The summed E-state index contributed by atoms with van der Waals surface area (Å²) in [6, 6.07) is 4.76. The minimum absolute atomic E-state index is 0.000216. The number of carbonyl (C=O) groups is 2. The molecule has 0 saturated heterocycles. The van der Waals surface area contributed by atoms with Crippen LogP contribution in [0.25, 0.3) is 0 Å². The Bertz CT molecular complexity index is 400. The topological polar surface area (TPSA) is 54.4 Å². The third-order valence-corrected chi connectivity index (χ3v) is 2.41. The second-order valence-corrected chi connectivity index (χ2v) is 3.56. The minimum atomic E-state index is -1.10. The monoisotopic (exact) mass is 256 g/mol. The maximum Gasteiger partial charge on any atom is 0.337 e. The lowest BCUT2D eigenvalue weighted by atomic mass is 10.0. The van der Waals surface area contributed by atoms with Crippen molar-refractivity contribution in [2.24, 2.45) is 0 Å². The molecule has 0 amide bonds. The third-order valence-electron chi connectivity index (χ3n) is 2.10. The fourth-order valence-corrected chi connectivity index (χ4v) is 1.57. The Morgan fingerprint density at radius 2 is 1.88 bits per heavy atom. The summed E-state index contributed by atoms with van der Waals surface area (Å²) in [6.07, 6.45) is 0.518. The number of carboxylic acids is 1. The average molecular weight is 257 g/mol. The van der Waals surface area contributed by atoms with E-state index >= 15 is 0 Å². The molecule has 0 atom stereocenters. The molecule has 0 fully saturated rings. The van der Waals surface area contributed by atoms with Gasteiger partial charge in [-0.3, -0.25) is 4.79 Å². The van der Waals surface area contributed by atoms with E-state index in [1.54, 1.807) is 19.1 Å². The Morgan fingerprint density at radius 3 is 2.35 bits per heavy atom. The van der Waals surface area contributed by atoms with Crippen LogP contribution >= 0.6 is 11.6 Å². The lowest BCUT2D eigenvalue weighted by Crippen LogP contribution is -2.08. The second kappa shape index (κ2) is 7.85. The number of halogens is 1. The van der Waals surface area contributed by atoms with Gasteiger partial charge in [0.1, 0.15) is 5.78 Å². The van der Waals surface area contributed by atoms with Crippen LogP contribution in [0.2, 0.25) is 5.02 Å². The highest BCUT2D eigenvalue weighted by Gasteiger charge is 2.15. The van der Waals surface area contributed by atoms with E-state index in [4.69, 9.17) is 16.7 Å². The fourth-order valence-electron chi connectivity index (χ4n) is 1.29. The minimum Gasteiger partial charge on any atom is -0.478 e. The zero-order valence-corrected chi connectivity index (χ0v) is 11.0. The van der Waals surface area contributed by atoms with E-state index in [0.29, 0.717) is 12.0 Å². The van der Waals surface area contributed by atoms with Gasteiger partial charge in [0.2, 0.25) is 0 Å². The van der Waals surface area contributed by atoms with Gasteiger partial charge in [0.15, 0.2) is 0 Å². The van der Waals surface area contributed by atoms with Crippen LogP contribution in [-0.4, -0.2) is 16.9 Å². The molecule has 0 aliphatic rings. The summed E-state index contributed by atoms with van der Waals surface area (Å²) in [5, 5.41) is 9.11. The maximum atomic E-state index is 11.2. The number of carbonyl (C=O) groups excluding carboxylic acids is 1. The Balaban J connectivity index is 0.00000121. The molecule has 3 nitrogen and oxygen atoms in total. The number of hydrogen-bond acceptors (Lipinski definition) is 2. The van der Waals surface area contributed by atoms with Crippen LogP contribution in [0.5, 0.6) is 0 Å². The molecule has 0 radical (unpaired) electrons. The molecule has 0 saturated carbocycles. The van der Waals surface area contributed by atoms with Gasteiger partial charge in [-0.15, -0.1) is 0 Å². The number of carboxylic acid groups (broad SMARTS) is 1. The summed E-state index contributed by atoms with van der Waals surface area (Å²) in [7, 11) is 0. The van der Waals surface area contributed by atoms with Crippen molar-refractivity contribution >= 4 is 23.4 Å². The molecule has 17 heavy (non-hydrogen) atoms. The van der Waals surface area contributed by atoms with Crippen LogP contribution in [0.15, 0.2) is 18.2 Å². The fraction of sp³-hybridized carbons (Fsp3) is 0.385. The lowest BCUT2D eigenvalue weighted by Gasteiger charge is -2.06. The van der Waals surface area contributed by atoms with Crippen molar-refractivity contribution in [3.63, 3.8) is 0 Å². The second-order valence-electron chi connectivity index (χ2n) is 3.15. The molecule has 0 spiro atoms. The highest BCUT2D eigenvalue weighted by atomic mass is 35.5. The Kier molecular flexibility index (Phi) is 7.22. The van der Waals surface area contributed by atoms with Crippen LogP contribution < -0.4 is 0 Å². The maximum absolute atomic E-state index is 11.2. The first-order chi connectivity index (χ1) is 8.06. The summed E-state index contributed by atoms with van der Waals surface area (Å²) in [4.78, 5) is 22.1. The summed E-state index contributed by atoms with van der Waals surface area (Å²) >= 11 is 5.76. The highest BCUT2D eigenvalue weighted by Crippen LogP contribution is 2.20. The molecule has 1 rings (SSSR count). The van der Waals surface area contributed by atoms with Crippen molar-refractivity contribution in [2.45, 2.75) is 33.6 Å². The Morgan fingerprint density at radius 1 is 1.29 bits per heavy atom. The Labute approximate surface area is 106 Å². The van der Waals surface area contributed by atoms with Gasteiger partial charge in [-0.05, 0) is 11.6 Å². The molecule has 1 N–H and O–H groups in total. The van der Waals surface area contributed by atoms with Gasteiger partial charge in [0, 0.05) is 12.8 Å². The van der Waals surface area contributed by atoms with Crippen LogP contribution in [0, 0.1) is 0 Å². The summed E-state index contributed by atoms with van der Waals surface area (Å²) < 4.78 is 0. The van der Waals surface area contributed by atoms with E-state index in [9.17, 15) is 9.59 Å². The van der Waals surface area contributed by atoms with Crippen molar-refractivity contribution in [1.29, 1.82) is 0 Å². The van der Waals surface area contributed by atoms with Crippen LogP contribution in [0.1, 0.15) is 43.1 Å². The normalized spacial score (nSPS) is 9.18. The van der Waals surface area contributed by atoms with Gasteiger partial charge in [-0.25, -0.2) is 4.79 Å². The van der Waals surface area contributed by atoms with E-state index in [2.05, 4.69) is 0 Å². The quantitative estimate of drug-likeness (QED) is 0.896. The molecule has 0 heterocycles. The molecule has 0 aliphatic carbocycles. The van der Waals surface area contributed by atoms with Crippen molar-refractivity contribution < 1.29 is 14.7 Å². The Hall–Kier alpha value is -1.35. The number of aromatic carboxylic acids is 1. The van der Waals surface area contributed by atoms with Crippen LogP contribution in [-0.2, 0) is 11.2 Å². The first-order valence-electron chi connectivity index (χ1n) is 5.58. The zero-order chi connectivity index (χ0) is 13.4. The van der Waals surface area contributed by atoms with Crippen LogP contribution in [0.3, 0.4) is 0 Å². The molecule has 0 bridgehead atoms. The number of hydrogen-bond donors (Lipinski definition) is 1. The molecule has 0 aliphatic heterocycles. The van der Waals surface area contributed by atoms with Crippen molar-refractivity contribution in [1.82, 2.24) is 0 Å². The van der Waals surface area contributed by atoms with E-state index in [1.165, 1.54) is 6.07 Å². The molecule has 0 unspecified atom stereocenters. The number of Topliss-reactive ketones (excluding diaryl/α,β-unsaturated/α-hetero) is 1. The third kappa shape index (κ3) is 4.57. The van der Waals surface area contributed by atoms with E-state index in [-0.39, 0.29) is 22.8 Å². The van der Waals surface area contributed by atoms with Crippen molar-refractivity contribution in [2.75, 3.05) is 0 Å². The van der Waals surface area contributed by atoms with Crippen molar-refractivity contribution in [3.05, 3.63) is 34.3 Å². The summed E-state index contributed by atoms with van der Waals surface area (Å²) in [5.41, 5.74) is 0.503. The number of ketones is 1. The van der Waals surface area contributed by atoms with Crippen LogP contribution in [0.4, 0.5) is 0 Å². The predicted octanol–water partition coefficient (Wildman–Crippen LogP) is 3.59. The van der Waals surface area contributed by atoms with Gasteiger partial charge in [0.05, 0.1) is 10.6 Å². The van der Waals surface area contributed by atoms with Gasteiger partial charge in [0.25, 0.3) is 0 Å². The number of rotatable bonds is 4. The number of benzene rings is 1. The first-order valence-corrected chi connectivity index (χ1v) is 5.96. The molecule has 1 aromatic carbocycles. The van der Waals surface area contributed by atoms with Gasteiger partial charge in [-0.1, -0.05) is 44.5 Å². The molecule has 0 aromatic heterocycles. The van der Waals surface area contributed by atoms with E-state index in [1.807, 2.05) is 13.8 Å². The molecular weight excluding hydrogens is 240 g/mol. The van der Waals surface area contributed by atoms with E-state index < -0.39 is 5.97 Å². The standard InChI is InChI=1S/C11H11ClO3.C2H6/c1-2-8(13)6-7-4-3-5-9(12)10(7)11(14)15;1-2/h3-5H,2,6H2,1H3,(H,14,15);1-2H3. The first kappa shape index (κ1) is 15.7. The van der Waals surface area contributed by atoms with Gasteiger partial charge >= 0.3 is 5.97 Å². The molecule has 1 aromatic rings. The molecule has 94 valence electrons. The predicted molar refractivity (Wildman–Crippen MR) is 68.8 cm³/mol.